The molecule has 18 heavy (non-hydrogen) atoms. The van der Waals surface area contributed by atoms with Crippen molar-refractivity contribution >= 4 is 11.4 Å². The van der Waals surface area contributed by atoms with E-state index in [1.807, 2.05) is 11.9 Å². The van der Waals surface area contributed by atoms with Crippen molar-refractivity contribution in [1.82, 2.24) is 4.90 Å². The number of rotatable bonds is 2. The van der Waals surface area contributed by atoms with Gasteiger partial charge in [0.15, 0.2) is 5.82 Å². The van der Waals surface area contributed by atoms with Gasteiger partial charge in [-0.2, -0.15) is 0 Å². The van der Waals surface area contributed by atoms with E-state index in [0.717, 1.165) is 32.0 Å². The summed E-state index contributed by atoms with van der Waals surface area (Å²) in [5, 5.41) is 0. The number of benzene rings is 1. The third-order valence-corrected chi connectivity index (χ3v) is 3.60. The first-order chi connectivity index (χ1) is 8.49. The number of anilines is 2. The molecule has 0 bridgehead atoms. The van der Waals surface area contributed by atoms with Crippen LogP contribution in [0.5, 0.6) is 0 Å². The average Bonchev–Trinajstić information content (AvgIpc) is 2.33. The molecule has 0 aromatic heterocycles. The summed E-state index contributed by atoms with van der Waals surface area (Å²) in [6.45, 7) is 1.95. The minimum absolute atomic E-state index is 0.0205. The first kappa shape index (κ1) is 13.1. The van der Waals surface area contributed by atoms with Gasteiger partial charge in [-0.05, 0) is 32.5 Å². The molecule has 0 radical (unpaired) electrons. The molecule has 0 saturated carbocycles. The van der Waals surface area contributed by atoms with E-state index in [4.69, 9.17) is 5.73 Å². The first-order valence-electron chi connectivity index (χ1n) is 6.15. The van der Waals surface area contributed by atoms with E-state index in [9.17, 15) is 8.78 Å². The maximum atomic E-state index is 13.4. The summed E-state index contributed by atoms with van der Waals surface area (Å²) in [4.78, 5) is 4.10. The van der Waals surface area contributed by atoms with Gasteiger partial charge in [-0.15, -0.1) is 0 Å². The van der Waals surface area contributed by atoms with Crippen molar-refractivity contribution in [1.29, 1.82) is 0 Å². The Labute approximate surface area is 106 Å². The molecule has 1 atom stereocenters. The maximum Gasteiger partial charge on any atom is 0.151 e. The lowest BCUT2D eigenvalue weighted by Gasteiger charge is -2.37. The number of nitrogen functional groups attached to an aromatic ring is 1. The molecule has 1 saturated heterocycles. The van der Waals surface area contributed by atoms with Gasteiger partial charge in [0.25, 0.3) is 0 Å². The van der Waals surface area contributed by atoms with Crippen LogP contribution >= 0.6 is 0 Å². The van der Waals surface area contributed by atoms with Gasteiger partial charge in [-0.3, -0.25) is 0 Å². The van der Waals surface area contributed by atoms with E-state index in [1.54, 1.807) is 0 Å². The molecule has 0 spiro atoms. The Balaban J connectivity index is 2.25. The summed E-state index contributed by atoms with van der Waals surface area (Å²) in [5.41, 5.74) is 6.16. The summed E-state index contributed by atoms with van der Waals surface area (Å²) >= 11 is 0. The van der Waals surface area contributed by atoms with Crippen LogP contribution in [-0.4, -0.2) is 38.1 Å². The smallest absolute Gasteiger partial charge is 0.151 e. The standard InChI is InChI=1S/C13H19F2N3/c1-17-5-3-4-10(8-17)18(2)12-7-9(14)6-11(15)13(12)16/h6-7,10H,3-5,8,16H2,1-2H3. The van der Waals surface area contributed by atoms with Gasteiger partial charge in [-0.1, -0.05) is 0 Å². The zero-order chi connectivity index (χ0) is 13.3. The van der Waals surface area contributed by atoms with Gasteiger partial charge >= 0.3 is 0 Å². The van der Waals surface area contributed by atoms with E-state index in [2.05, 4.69) is 11.9 Å². The van der Waals surface area contributed by atoms with Crippen molar-refractivity contribution < 1.29 is 8.78 Å². The Morgan fingerprint density at radius 1 is 1.39 bits per heavy atom. The molecule has 1 aromatic carbocycles. The van der Waals surface area contributed by atoms with Crippen molar-refractivity contribution in [3.8, 4) is 0 Å². The van der Waals surface area contributed by atoms with E-state index in [-0.39, 0.29) is 11.7 Å². The van der Waals surface area contributed by atoms with E-state index in [1.165, 1.54) is 6.07 Å². The molecule has 1 heterocycles. The third-order valence-electron chi connectivity index (χ3n) is 3.60. The topological polar surface area (TPSA) is 32.5 Å². The van der Waals surface area contributed by atoms with Crippen LogP contribution in [0.1, 0.15) is 12.8 Å². The quantitative estimate of drug-likeness (QED) is 0.821. The van der Waals surface area contributed by atoms with Crippen LogP contribution in [0, 0.1) is 11.6 Å². The monoisotopic (exact) mass is 255 g/mol. The summed E-state index contributed by atoms with van der Waals surface area (Å²) < 4.78 is 26.7. The minimum atomic E-state index is -0.694. The van der Waals surface area contributed by atoms with Gasteiger partial charge in [0.2, 0.25) is 0 Å². The SMILES string of the molecule is CN1CCCC(N(C)c2cc(F)cc(F)c2N)C1. The molecule has 1 aliphatic heterocycles. The molecule has 2 rings (SSSR count). The molecule has 100 valence electrons. The predicted octanol–water partition coefficient (Wildman–Crippen LogP) is 2.08. The number of halogens is 2. The Morgan fingerprint density at radius 2 is 2.11 bits per heavy atom. The van der Waals surface area contributed by atoms with Crippen LogP contribution in [0.4, 0.5) is 20.2 Å². The minimum Gasteiger partial charge on any atom is -0.395 e. The second-order valence-corrected chi connectivity index (χ2v) is 4.99. The molecule has 2 N–H and O–H groups in total. The molecule has 0 aliphatic carbocycles. The van der Waals surface area contributed by atoms with Gasteiger partial charge in [0.05, 0.1) is 11.4 Å². The Kier molecular flexibility index (Phi) is 3.71. The highest BCUT2D eigenvalue weighted by Gasteiger charge is 2.23. The number of likely N-dealkylation sites (N-methyl/N-ethyl adjacent to an activating group) is 2. The maximum absolute atomic E-state index is 13.4. The normalized spacial score (nSPS) is 21.0. The van der Waals surface area contributed by atoms with Crippen molar-refractivity contribution in [3.05, 3.63) is 23.8 Å². The van der Waals surface area contributed by atoms with Gasteiger partial charge < -0.3 is 15.5 Å². The molecule has 1 aliphatic rings. The number of nitrogens with two attached hydrogens (primary N) is 1. The van der Waals surface area contributed by atoms with Crippen LogP contribution in [0.25, 0.3) is 0 Å². The van der Waals surface area contributed by atoms with E-state index < -0.39 is 11.6 Å². The average molecular weight is 255 g/mol. The highest BCUT2D eigenvalue weighted by molar-refractivity contribution is 5.68. The zero-order valence-corrected chi connectivity index (χ0v) is 10.8. The molecule has 1 fully saturated rings. The van der Waals surface area contributed by atoms with Crippen LogP contribution in [0.15, 0.2) is 12.1 Å². The number of hydrogen-bond acceptors (Lipinski definition) is 3. The highest BCUT2D eigenvalue weighted by atomic mass is 19.1. The van der Waals surface area contributed by atoms with Crippen molar-refractivity contribution in [2.45, 2.75) is 18.9 Å². The number of nitrogens with zero attached hydrogens (tertiary/aromatic N) is 2. The molecule has 0 amide bonds. The fourth-order valence-corrected chi connectivity index (χ4v) is 2.51. The van der Waals surface area contributed by atoms with Gasteiger partial charge in [-0.25, -0.2) is 8.78 Å². The van der Waals surface area contributed by atoms with Crippen molar-refractivity contribution in [2.75, 3.05) is 37.8 Å². The molecule has 3 nitrogen and oxygen atoms in total. The Morgan fingerprint density at radius 3 is 2.78 bits per heavy atom. The lowest BCUT2D eigenvalue weighted by Crippen LogP contribution is -2.45. The Hall–Kier alpha value is -1.36. The molecule has 1 unspecified atom stereocenters. The molecular weight excluding hydrogens is 236 g/mol. The second-order valence-electron chi connectivity index (χ2n) is 4.99. The number of piperidine rings is 1. The van der Waals surface area contributed by atoms with Gasteiger partial charge in [0, 0.05) is 25.7 Å². The lowest BCUT2D eigenvalue weighted by molar-refractivity contribution is 0.248. The zero-order valence-electron chi connectivity index (χ0n) is 10.8. The van der Waals surface area contributed by atoms with Crippen molar-refractivity contribution in [3.63, 3.8) is 0 Å². The summed E-state index contributed by atoms with van der Waals surface area (Å²) in [6, 6.07) is 2.36. The fourth-order valence-electron chi connectivity index (χ4n) is 2.51. The second kappa shape index (κ2) is 5.10. The van der Waals surface area contributed by atoms with Crippen LogP contribution < -0.4 is 10.6 Å². The van der Waals surface area contributed by atoms with Crippen molar-refractivity contribution in [2.24, 2.45) is 0 Å². The molecule has 5 heteroatoms. The molecular formula is C13H19F2N3. The third kappa shape index (κ3) is 2.56. The fraction of sp³-hybridized carbons (Fsp3) is 0.538. The van der Waals surface area contributed by atoms with E-state index >= 15 is 0 Å². The van der Waals surface area contributed by atoms with Crippen LogP contribution in [-0.2, 0) is 0 Å². The van der Waals surface area contributed by atoms with E-state index in [0.29, 0.717) is 5.69 Å². The number of hydrogen-bond donors (Lipinski definition) is 1. The summed E-state index contributed by atoms with van der Waals surface area (Å²) in [5.74, 6) is -1.28. The Bertz CT molecular complexity index is 436. The first-order valence-corrected chi connectivity index (χ1v) is 6.15. The van der Waals surface area contributed by atoms with Gasteiger partial charge in [0.1, 0.15) is 5.82 Å². The highest BCUT2D eigenvalue weighted by Crippen LogP contribution is 2.29. The largest absolute Gasteiger partial charge is 0.395 e. The number of likely N-dealkylation sites (tertiary alicyclic amines) is 1. The summed E-state index contributed by atoms with van der Waals surface area (Å²) in [7, 11) is 3.89. The predicted molar refractivity (Wildman–Crippen MR) is 69.7 cm³/mol. The lowest BCUT2D eigenvalue weighted by atomic mass is 10.0. The molecule has 1 aromatic rings. The summed E-state index contributed by atoms with van der Waals surface area (Å²) in [6.07, 6.45) is 2.10. The van der Waals surface area contributed by atoms with Crippen LogP contribution in [0.2, 0.25) is 0 Å². The van der Waals surface area contributed by atoms with Crippen LogP contribution in [0.3, 0.4) is 0 Å².